The van der Waals surface area contributed by atoms with E-state index in [4.69, 9.17) is 0 Å². The van der Waals surface area contributed by atoms with Crippen LogP contribution < -0.4 is 5.32 Å². The molecule has 2 rings (SSSR count). The fraction of sp³-hybridized carbons (Fsp3) is 1.00. The molecule has 2 atom stereocenters. The van der Waals surface area contributed by atoms with Gasteiger partial charge in [0.05, 0.1) is 0 Å². The summed E-state index contributed by atoms with van der Waals surface area (Å²) in [6.45, 7) is 13.3. The van der Waals surface area contributed by atoms with Gasteiger partial charge in [-0.2, -0.15) is 0 Å². The van der Waals surface area contributed by atoms with Crippen LogP contribution in [0.15, 0.2) is 0 Å². The van der Waals surface area contributed by atoms with Crippen LogP contribution in [0.2, 0.25) is 0 Å². The van der Waals surface area contributed by atoms with Crippen molar-refractivity contribution in [3.8, 4) is 0 Å². The van der Waals surface area contributed by atoms with Gasteiger partial charge in [-0.25, -0.2) is 0 Å². The Morgan fingerprint density at radius 2 is 1.84 bits per heavy atom. The summed E-state index contributed by atoms with van der Waals surface area (Å²) in [5.41, 5.74) is 0.565. The van der Waals surface area contributed by atoms with E-state index >= 15 is 0 Å². The van der Waals surface area contributed by atoms with Crippen LogP contribution in [0.5, 0.6) is 0 Å². The number of hydrogen-bond acceptors (Lipinski definition) is 2. The lowest BCUT2D eigenvalue weighted by Crippen LogP contribution is -2.50. The molecule has 0 amide bonds. The second-order valence-electron chi connectivity index (χ2n) is 7.57. The van der Waals surface area contributed by atoms with Crippen molar-refractivity contribution >= 4 is 0 Å². The molecule has 1 N–H and O–H groups in total. The number of hydrogen-bond donors (Lipinski definition) is 1. The second-order valence-corrected chi connectivity index (χ2v) is 7.57. The van der Waals surface area contributed by atoms with Gasteiger partial charge in [0, 0.05) is 25.2 Å². The molecule has 2 nitrogen and oxygen atoms in total. The summed E-state index contributed by atoms with van der Waals surface area (Å²) in [5, 5.41) is 3.72. The molecule has 2 heteroatoms. The summed E-state index contributed by atoms with van der Waals surface area (Å²) in [5.74, 6) is 0.880. The lowest BCUT2D eigenvalue weighted by atomic mass is 9.82. The Morgan fingerprint density at radius 1 is 1.16 bits per heavy atom. The maximum atomic E-state index is 3.72. The summed E-state index contributed by atoms with van der Waals surface area (Å²) >= 11 is 0. The minimum absolute atomic E-state index is 0.565. The monoisotopic (exact) mass is 266 g/mol. The van der Waals surface area contributed by atoms with E-state index in [1.54, 1.807) is 0 Å². The van der Waals surface area contributed by atoms with Gasteiger partial charge in [-0.1, -0.05) is 33.6 Å². The van der Waals surface area contributed by atoms with Crippen molar-refractivity contribution in [1.82, 2.24) is 10.2 Å². The number of rotatable bonds is 5. The average Bonchev–Trinajstić information content (AvgIpc) is 2.82. The molecule has 0 radical (unpaired) electrons. The predicted octanol–water partition coefficient (Wildman–Crippen LogP) is 3.67. The molecule has 0 aromatic heterocycles. The van der Waals surface area contributed by atoms with Crippen LogP contribution in [0.1, 0.15) is 66.2 Å². The van der Waals surface area contributed by atoms with Crippen molar-refractivity contribution in [2.45, 2.75) is 78.3 Å². The molecule has 0 bridgehead atoms. The topological polar surface area (TPSA) is 15.3 Å². The molecule has 2 aliphatic rings. The Balaban J connectivity index is 1.95. The van der Waals surface area contributed by atoms with Gasteiger partial charge in [-0.15, -0.1) is 0 Å². The van der Waals surface area contributed by atoms with Crippen molar-refractivity contribution in [3.63, 3.8) is 0 Å². The van der Waals surface area contributed by atoms with Crippen molar-refractivity contribution in [2.75, 3.05) is 19.6 Å². The van der Waals surface area contributed by atoms with Crippen LogP contribution in [0.25, 0.3) is 0 Å². The minimum Gasteiger partial charge on any atom is -0.314 e. The van der Waals surface area contributed by atoms with Crippen LogP contribution in [0.3, 0.4) is 0 Å². The Morgan fingerprint density at radius 3 is 2.47 bits per heavy atom. The summed E-state index contributed by atoms with van der Waals surface area (Å²) in [7, 11) is 0. The van der Waals surface area contributed by atoms with Crippen molar-refractivity contribution in [1.29, 1.82) is 0 Å². The zero-order valence-electron chi connectivity index (χ0n) is 13.5. The van der Waals surface area contributed by atoms with Gasteiger partial charge in [-0.05, 0) is 50.5 Å². The molecule has 19 heavy (non-hydrogen) atoms. The number of piperidine rings is 1. The van der Waals surface area contributed by atoms with E-state index in [2.05, 4.69) is 37.9 Å². The Labute approximate surface area is 120 Å². The molecule has 1 heterocycles. The van der Waals surface area contributed by atoms with Gasteiger partial charge in [0.25, 0.3) is 0 Å². The number of nitrogens with zero attached hydrogens (tertiary/aromatic N) is 1. The third-order valence-electron chi connectivity index (χ3n) is 5.59. The third-order valence-corrected chi connectivity index (χ3v) is 5.59. The zero-order valence-corrected chi connectivity index (χ0v) is 13.5. The van der Waals surface area contributed by atoms with Gasteiger partial charge in [-0.3, -0.25) is 4.90 Å². The maximum absolute atomic E-state index is 3.72. The van der Waals surface area contributed by atoms with Gasteiger partial charge in [0.15, 0.2) is 0 Å². The molecular formula is C17H34N2. The standard InChI is InChI=1S/C17H34N2/c1-14(2)18-12-17(9-5-6-10-17)13-19-11-7-8-15(3)16(19)4/h14-16,18H,5-13H2,1-4H3. The molecule has 1 aliphatic heterocycles. The molecule has 1 saturated heterocycles. The minimum atomic E-state index is 0.565. The van der Waals surface area contributed by atoms with E-state index in [0.717, 1.165) is 12.0 Å². The lowest BCUT2D eigenvalue weighted by molar-refractivity contribution is 0.0598. The first-order valence-corrected chi connectivity index (χ1v) is 8.50. The van der Waals surface area contributed by atoms with Crippen LogP contribution in [0.4, 0.5) is 0 Å². The first-order valence-electron chi connectivity index (χ1n) is 8.50. The Kier molecular flexibility index (Phi) is 5.30. The zero-order chi connectivity index (χ0) is 13.9. The normalized spacial score (nSPS) is 32.1. The second kappa shape index (κ2) is 6.58. The molecule has 112 valence electrons. The highest BCUT2D eigenvalue weighted by molar-refractivity contribution is 4.92. The highest BCUT2D eigenvalue weighted by Crippen LogP contribution is 2.40. The fourth-order valence-electron chi connectivity index (χ4n) is 4.01. The maximum Gasteiger partial charge on any atom is 0.00928 e. The molecule has 1 aliphatic carbocycles. The summed E-state index contributed by atoms with van der Waals surface area (Å²) < 4.78 is 0. The van der Waals surface area contributed by atoms with Crippen LogP contribution >= 0.6 is 0 Å². The first-order chi connectivity index (χ1) is 9.02. The van der Waals surface area contributed by atoms with Gasteiger partial charge >= 0.3 is 0 Å². The van der Waals surface area contributed by atoms with Crippen molar-refractivity contribution in [3.05, 3.63) is 0 Å². The molecule has 0 aromatic rings. The molecule has 2 fully saturated rings. The quantitative estimate of drug-likeness (QED) is 0.817. The molecule has 1 saturated carbocycles. The van der Waals surface area contributed by atoms with Crippen LogP contribution in [-0.4, -0.2) is 36.6 Å². The summed E-state index contributed by atoms with van der Waals surface area (Å²) in [6, 6.07) is 1.40. The fourth-order valence-corrected chi connectivity index (χ4v) is 4.01. The lowest BCUT2D eigenvalue weighted by Gasteiger charge is -2.43. The van der Waals surface area contributed by atoms with E-state index in [1.807, 2.05) is 0 Å². The molecular weight excluding hydrogens is 232 g/mol. The van der Waals surface area contributed by atoms with E-state index in [9.17, 15) is 0 Å². The SMILES string of the molecule is CC(C)NCC1(CN2CCCC(C)C2C)CCCC1. The van der Waals surface area contributed by atoms with Crippen molar-refractivity contribution < 1.29 is 0 Å². The van der Waals surface area contributed by atoms with E-state index in [0.29, 0.717) is 11.5 Å². The summed E-state index contributed by atoms with van der Waals surface area (Å²) in [6.07, 6.45) is 8.58. The first kappa shape index (κ1) is 15.3. The number of likely N-dealkylation sites (tertiary alicyclic amines) is 1. The van der Waals surface area contributed by atoms with Crippen molar-refractivity contribution in [2.24, 2.45) is 11.3 Å². The number of nitrogens with one attached hydrogen (secondary N) is 1. The van der Waals surface area contributed by atoms with E-state index < -0.39 is 0 Å². The smallest absolute Gasteiger partial charge is 0.00928 e. The largest absolute Gasteiger partial charge is 0.314 e. The van der Waals surface area contributed by atoms with Gasteiger partial charge in [0.2, 0.25) is 0 Å². The van der Waals surface area contributed by atoms with E-state index in [1.165, 1.54) is 58.2 Å². The van der Waals surface area contributed by atoms with Crippen LogP contribution in [0, 0.1) is 11.3 Å². The third kappa shape index (κ3) is 3.95. The Bertz CT molecular complexity index is 268. The molecule has 0 aromatic carbocycles. The van der Waals surface area contributed by atoms with Crippen LogP contribution in [-0.2, 0) is 0 Å². The molecule has 2 unspecified atom stereocenters. The van der Waals surface area contributed by atoms with Gasteiger partial charge in [0.1, 0.15) is 0 Å². The highest BCUT2D eigenvalue weighted by atomic mass is 15.2. The van der Waals surface area contributed by atoms with Gasteiger partial charge < -0.3 is 5.32 Å². The Hall–Kier alpha value is -0.0800. The molecule has 0 spiro atoms. The van der Waals surface area contributed by atoms with E-state index in [-0.39, 0.29) is 0 Å². The summed E-state index contributed by atoms with van der Waals surface area (Å²) in [4.78, 5) is 2.79. The predicted molar refractivity (Wildman–Crippen MR) is 83.5 cm³/mol. The highest BCUT2D eigenvalue weighted by Gasteiger charge is 2.37. The average molecular weight is 266 g/mol.